The van der Waals surface area contributed by atoms with Crippen LogP contribution in [0.3, 0.4) is 0 Å². The summed E-state index contributed by atoms with van der Waals surface area (Å²) >= 11 is 6.21. The van der Waals surface area contributed by atoms with Crippen LogP contribution in [0.2, 0.25) is 5.02 Å². The van der Waals surface area contributed by atoms with Gasteiger partial charge in [0.1, 0.15) is 17.5 Å². The van der Waals surface area contributed by atoms with E-state index < -0.39 is 12.2 Å². The predicted molar refractivity (Wildman–Crippen MR) is 127 cm³/mol. The summed E-state index contributed by atoms with van der Waals surface area (Å²) < 4.78 is 16.7. The zero-order valence-electron chi connectivity index (χ0n) is 18.8. The maximum absolute atomic E-state index is 12.6. The maximum atomic E-state index is 12.6. The van der Waals surface area contributed by atoms with Gasteiger partial charge in [-0.1, -0.05) is 59.2 Å². The van der Waals surface area contributed by atoms with Crippen molar-refractivity contribution in [1.29, 1.82) is 0 Å². The number of ether oxygens (including phenoxy) is 2. The summed E-state index contributed by atoms with van der Waals surface area (Å²) in [5, 5.41) is 10.8. The van der Waals surface area contributed by atoms with Crippen LogP contribution in [0.15, 0.2) is 53.1 Å². The number of benzene rings is 2. The molecule has 1 amide bonds. The van der Waals surface area contributed by atoms with E-state index in [1.54, 1.807) is 19.9 Å². The van der Waals surface area contributed by atoms with Crippen molar-refractivity contribution in [2.45, 2.75) is 45.4 Å². The molecule has 1 aliphatic heterocycles. The first-order valence-electron chi connectivity index (χ1n) is 11.1. The van der Waals surface area contributed by atoms with E-state index in [2.05, 4.69) is 15.8 Å². The van der Waals surface area contributed by atoms with E-state index in [4.69, 9.17) is 25.6 Å². The van der Waals surface area contributed by atoms with Gasteiger partial charge in [-0.05, 0) is 38.3 Å². The molecule has 0 spiro atoms. The average molecular weight is 470 g/mol. The fourth-order valence-corrected chi connectivity index (χ4v) is 4.12. The predicted octanol–water partition coefficient (Wildman–Crippen LogP) is 5.88. The molecule has 33 heavy (non-hydrogen) atoms. The minimum atomic E-state index is -0.607. The molecule has 2 heterocycles. The fraction of sp³-hybridized carbons (Fsp3) is 0.360. The van der Waals surface area contributed by atoms with E-state index in [0.717, 1.165) is 49.2 Å². The number of nitrogens with one attached hydrogen (secondary N) is 2. The summed E-state index contributed by atoms with van der Waals surface area (Å²) in [4.78, 5) is 12.6. The highest BCUT2D eigenvalue weighted by Gasteiger charge is 2.21. The zero-order valence-corrected chi connectivity index (χ0v) is 19.5. The fourth-order valence-electron chi connectivity index (χ4n) is 3.83. The van der Waals surface area contributed by atoms with Crippen molar-refractivity contribution >= 4 is 23.4 Å². The number of aromatic nitrogens is 1. The summed E-state index contributed by atoms with van der Waals surface area (Å²) in [5.74, 6) is 0.480. The van der Waals surface area contributed by atoms with Gasteiger partial charge in [0.15, 0.2) is 5.76 Å². The molecule has 0 aliphatic carbocycles. The Bertz CT molecular complexity index is 1080. The number of nitrogens with zero attached hydrogens (tertiary/aromatic N) is 1. The van der Waals surface area contributed by atoms with Crippen LogP contribution < -0.4 is 10.6 Å². The topological polar surface area (TPSA) is 85.6 Å². The Morgan fingerprint density at radius 3 is 2.76 bits per heavy atom. The van der Waals surface area contributed by atoms with Crippen LogP contribution in [0.4, 0.5) is 10.5 Å². The number of amides is 1. The van der Waals surface area contributed by atoms with Gasteiger partial charge < -0.3 is 19.3 Å². The van der Waals surface area contributed by atoms with Gasteiger partial charge in [-0.3, -0.25) is 5.32 Å². The second kappa shape index (κ2) is 10.8. The number of carbonyl (C=O) groups excluding carboxylic acids is 1. The SMILES string of the molecule is Cc1noc(-c2ccc(CNCC3CCCO3)cc2)c1NC(=O)OC(C)c1ccccc1Cl. The van der Waals surface area contributed by atoms with Crippen LogP contribution in [0, 0.1) is 6.92 Å². The highest BCUT2D eigenvalue weighted by molar-refractivity contribution is 6.31. The van der Waals surface area contributed by atoms with Gasteiger partial charge in [0.2, 0.25) is 0 Å². The second-order valence-corrected chi connectivity index (χ2v) is 8.54. The van der Waals surface area contributed by atoms with Crippen molar-refractivity contribution in [3.8, 4) is 11.3 Å². The van der Waals surface area contributed by atoms with E-state index in [9.17, 15) is 4.79 Å². The molecule has 1 saturated heterocycles. The van der Waals surface area contributed by atoms with E-state index >= 15 is 0 Å². The number of carbonyl (C=O) groups is 1. The first kappa shape index (κ1) is 23.3. The molecule has 1 aliphatic rings. The number of anilines is 1. The van der Waals surface area contributed by atoms with E-state index in [1.807, 2.05) is 42.5 Å². The Morgan fingerprint density at radius 2 is 2.03 bits per heavy atom. The molecular formula is C25H28ClN3O4. The molecule has 0 radical (unpaired) electrons. The van der Waals surface area contributed by atoms with Crippen LogP contribution in [-0.2, 0) is 16.0 Å². The molecule has 1 fully saturated rings. The summed E-state index contributed by atoms with van der Waals surface area (Å²) in [7, 11) is 0. The van der Waals surface area contributed by atoms with E-state index in [1.165, 1.54) is 0 Å². The molecule has 7 nitrogen and oxygen atoms in total. The van der Waals surface area contributed by atoms with Crippen LogP contribution >= 0.6 is 11.6 Å². The summed E-state index contributed by atoms with van der Waals surface area (Å²) in [6.07, 6.45) is 1.45. The lowest BCUT2D eigenvalue weighted by Gasteiger charge is -2.15. The van der Waals surface area contributed by atoms with Gasteiger partial charge in [-0.15, -0.1) is 0 Å². The third-order valence-corrected chi connectivity index (χ3v) is 6.00. The number of hydrogen-bond acceptors (Lipinski definition) is 6. The molecule has 2 N–H and O–H groups in total. The number of aryl methyl sites for hydroxylation is 1. The summed E-state index contributed by atoms with van der Waals surface area (Å²) in [6, 6.07) is 15.2. The van der Waals surface area contributed by atoms with Crippen molar-refractivity contribution in [1.82, 2.24) is 10.5 Å². The Balaban J connectivity index is 1.37. The van der Waals surface area contributed by atoms with Gasteiger partial charge in [-0.2, -0.15) is 0 Å². The lowest BCUT2D eigenvalue weighted by Crippen LogP contribution is -2.25. The standard InChI is InChI=1S/C25H28ClN3O4/c1-16-23(28-25(30)32-17(2)21-7-3-4-8-22(21)26)24(33-29-16)19-11-9-18(10-12-19)14-27-15-20-6-5-13-31-20/h3-4,7-12,17,20,27H,5-6,13-15H2,1-2H3,(H,28,30). The molecule has 174 valence electrons. The Morgan fingerprint density at radius 1 is 1.24 bits per heavy atom. The largest absolute Gasteiger partial charge is 0.441 e. The summed E-state index contributed by atoms with van der Waals surface area (Å²) in [5.41, 5.74) is 3.74. The molecule has 3 aromatic rings. The first-order chi connectivity index (χ1) is 16.0. The van der Waals surface area contributed by atoms with Crippen LogP contribution in [0.25, 0.3) is 11.3 Å². The van der Waals surface area contributed by atoms with Crippen LogP contribution in [-0.4, -0.2) is 30.5 Å². The lowest BCUT2D eigenvalue weighted by atomic mass is 10.1. The molecular weight excluding hydrogens is 442 g/mol. The molecule has 0 saturated carbocycles. The highest BCUT2D eigenvalue weighted by atomic mass is 35.5. The highest BCUT2D eigenvalue weighted by Crippen LogP contribution is 2.32. The van der Waals surface area contributed by atoms with Crippen LogP contribution in [0.5, 0.6) is 0 Å². The Labute approximate surface area is 198 Å². The lowest BCUT2D eigenvalue weighted by molar-refractivity contribution is 0.110. The Hall–Kier alpha value is -2.87. The number of halogens is 1. The number of hydrogen-bond donors (Lipinski definition) is 2. The number of rotatable bonds is 8. The quantitative estimate of drug-likeness (QED) is 0.428. The zero-order chi connectivity index (χ0) is 23.2. The van der Waals surface area contributed by atoms with Crippen molar-refractivity contribution in [2.24, 2.45) is 0 Å². The van der Waals surface area contributed by atoms with E-state index in [0.29, 0.717) is 28.3 Å². The monoisotopic (exact) mass is 469 g/mol. The molecule has 2 atom stereocenters. The minimum Gasteiger partial charge on any atom is -0.441 e. The molecule has 1 aromatic heterocycles. The second-order valence-electron chi connectivity index (χ2n) is 8.13. The molecule has 8 heteroatoms. The summed E-state index contributed by atoms with van der Waals surface area (Å²) in [6.45, 7) is 6.01. The van der Waals surface area contributed by atoms with Crippen molar-refractivity contribution in [2.75, 3.05) is 18.5 Å². The van der Waals surface area contributed by atoms with Gasteiger partial charge in [-0.25, -0.2) is 4.79 Å². The van der Waals surface area contributed by atoms with Crippen molar-refractivity contribution in [3.05, 3.63) is 70.4 Å². The van der Waals surface area contributed by atoms with Crippen molar-refractivity contribution < 1.29 is 18.8 Å². The van der Waals surface area contributed by atoms with Crippen molar-refractivity contribution in [3.63, 3.8) is 0 Å². The first-order valence-corrected chi connectivity index (χ1v) is 11.5. The van der Waals surface area contributed by atoms with E-state index in [-0.39, 0.29) is 0 Å². The molecule has 2 unspecified atom stereocenters. The van der Waals surface area contributed by atoms with Gasteiger partial charge in [0.25, 0.3) is 0 Å². The van der Waals surface area contributed by atoms with Crippen LogP contribution in [0.1, 0.15) is 42.7 Å². The average Bonchev–Trinajstić information content (AvgIpc) is 3.45. The third-order valence-electron chi connectivity index (χ3n) is 5.66. The molecule has 0 bridgehead atoms. The molecule has 4 rings (SSSR count). The Kier molecular flexibility index (Phi) is 7.65. The maximum Gasteiger partial charge on any atom is 0.412 e. The smallest absolute Gasteiger partial charge is 0.412 e. The van der Waals surface area contributed by atoms with Gasteiger partial charge in [0.05, 0.1) is 6.10 Å². The van der Waals surface area contributed by atoms with Gasteiger partial charge >= 0.3 is 6.09 Å². The normalized spacial score (nSPS) is 16.5. The van der Waals surface area contributed by atoms with Gasteiger partial charge in [0, 0.05) is 35.8 Å². The minimum absolute atomic E-state index is 0.315. The third kappa shape index (κ3) is 5.93. The molecule has 2 aromatic carbocycles.